The minimum Gasteiger partial charge on any atom is -0.143 e. The molecule has 0 spiro atoms. The van der Waals surface area contributed by atoms with E-state index in [1.165, 1.54) is 22.2 Å². The van der Waals surface area contributed by atoms with Gasteiger partial charge >= 0.3 is 0 Å². The van der Waals surface area contributed by atoms with Gasteiger partial charge in [-0.15, -0.1) is 22.7 Å². The van der Waals surface area contributed by atoms with Crippen LogP contribution in [0.5, 0.6) is 0 Å². The van der Waals surface area contributed by atoms with E-state index < -0.39 is 0 Å². The quantitative estimate of drug-likeness (QED) is 0.528. The maximum Gasteiger partial charge on any atom is 0.0352 e. The Morgan fingerprint density at radius 2 is 1.29 bits per heavy atom. The first-order valence-corrected chi connectivity index (χ1v) is 6.58. The molecule has 1 aliphatic rings. The Balaban J connectivity index is 2.46. The van der Waals surface area contributed by atoms with Crippen LogP contribution in [-0.4, -0.2) is 0 Å². The van der Waals surface area contributed by atoms with Crippen LogP contribution in [0.25, 0.3) is 20.2 Å². The topological polar surface area (TPSA) is 0 Å². The van der Waals surface area contributed by atoms with Crippen LogP contribution in [-0.2, 0) is 12.8 Å². The largest absolute Gasteiger partial charge is 0.143 e. The average molecular weight is 216 g/mol. The summed E-state index contributed by atoms with van der Waals surface area (Å²) in [5, 5.41) is 7.78. The first-order valence-electron chi connectivity index (χ1n) is 4.82. The molecule has 2 aromatic heterocycles. The summed E-state index contributed by atoms with van der Waals surface area (Å²) in [4.78, 5) is 0. The third kappa shape index (κ3) is 0.748. The zero-order valence-electron chi connectivity index (χ0n) is 7.54. The van der Waals surface area contributed by atoms with Crippen molar-refractivity contribution in [3.63, 3.8) is 0 Å². The van der Waals surface area contributed by atoms with Crippen LogP contribution in [0.3, 0.4) is 0 Å². The molecular weight excluding hydrogens is 208 g/mol. The second-order valence-corrected chi connectivity index (χ2v) is 5.66. The van der Waals surface area contributed by atoms with E-state index in [1.807, 2.05) is 22.7 Å². The van der Waals surface area contributed by atoms with E-state index in [2.05, 4.69) is 22.9 Å². The highest BCUT2D eigenvalue weighted by Gasteiger charge is 2.17. The van der Waals surface area contributed by atoms with Crippen molar-refractivity contribution in [1.82, 2.24) is 0 Å². The maximum atomic E-state index is 2.34. The van der Waals surface area contributed by atoms with E-state index in [1.54, 1.807) is 21.9 Å². The van der Waals surface area contributed by atoms with Gasteiger partial charge in [0.15, 0.2) is 0 Å². The molecule has 4 rings (SSSR count). The molecule has 0 saturated carbocycles. The summed E-state index contributed by atoms with van der Waals surface area (Å²) in [7, 11) is 0. The van der Waals surface area contributed by atoms with Crippen LogP contribution < -0.4 is 0 Å². The van der Waals surface area contributed by atoms with Gasteiger partial charge in [-0.2, -0.15) is 0 Å². The Bertz CT molecular complexity index is 585. The van der Waals surface area contributed by atoms with Crippen LogP contribution in [0.15, 0.2) is 22.9 Å². The van der Waals surface area contributed by atoms with Crippen molar-refractivity contribution in [2.75, 3.05) is 0 Å². The normalized spacial score (nSPS) is 14.6. The first-order chi connectivity index (χ1) is 6.93. The zero-order valence-corrected chi connectivity index (χ0v) is 9.17. The van der Waals surface area contributed by atoms with Crippen molar-refractivity contribution in [2.24, 2.45) is 0 Å². The minimum absolute atomic E-state index is 1.24. The summed E-state index contributed by atoms with van der Waals surface area (Å²) in [6, 6.07) is 4.55. The number of aryl methyl sites for hydroxylation is 2. The molecule has 3 aromatic rings. The molecule has 0 amide bonds. The molecule has 0 aliphatic heterocycles. The molecule has 2 heteroatoms. The van der Waals surface area contributed by atoms with Crippen LogP contribution in [0, 0.1) is 0 Å². The van der Waals surface area contributed by atoms with Gasteiger partial charge in [-0.05, 0) is 46.9 Å². The Morgan fingerprint density at radius 1 is 0.786 bits per heavy atom. The lowest BCUT2D eigenvalue weighted by Gasteiger charge is -2.08. The fourth-order valence-corrected chi connectivity index (χ4v) is 4.43. The highest BCUT2D eigenvalue weighted by Crippen LogP contribution is 2.41. The summed E-state index contributed by atoms with van der Waals surface area (Å²) in [5.74, 6) is 0. The third-order valence-corrected chi connectivity index (χ3v) is 5.08. The number of hydrogen-bond acceptors (Lipinski definition) is 2. The van der Waals surface area contributed by atoms with Crippen LogP contribution >= 0.6 is 22.7 Å². The molecule has 1 aromatic carbocycles. The van der Waals surface area contributed by atoms with Crippen molar-refractivity contribution >= 4 is 42.8 Å². The molecule has 1 aliphatic carbocycles. The number of hydrogen-bond donors (Lipinski definition) is 0. The molecule has 14 heavy (non-hydrogen) atoms. The number of benzene rings is 1. The monoisotopic (exact) mass is 216 g/mol. The molecule has 0 fully saturated rings. The van der Waals surface area contributed by atoms with E-state index in [-0.39, 0.29) is 0 Å². The van der Waals surface area contributed by atoms with Gasteiger partial charge in [-0.1, -0.05) is 0 Å². The Labute approximate surface area is 89.8 Å². The summed E-state index contributed by atoms with van der Waals surface area (Å²) in [6.45, 7) is 0. The molecule has 0 N–H and O–H groups in total. The molecular formula is C12H8S2. The summed E-state index contributed by atoms with van der Waals surface area (Å²) in [6.07, 6.45) is 2.48. The smallest absolute Gasteiger partial charge is 0.0352 e. The molecule has 0 radical (unpaired) electrons. The Morgan fingerprint density at radius 3 is 1.79 bits per heavy atom. The molecule has 0 saturated heterocycles. The van der Waals surface area contributed by atoms with Gasteiger partial charge in [-0.3, -0.25) is 0 Å². The highest BCUT2D eigenvalue weighted by molar-refractivity contribution is 7.19. The molecule has 0 bridgehead atoms. The van der Waals surface area contributed by atoms with Gasteiger partial charge in [0.1, 0.15) is 0 Å². The Hall–Kier alpha value is -0.860. The van der Waals surface area contributed by atoms with Crippen molar-refractivity contribution in [3.05, 3.63) is 34.0 Å². The average Bonchev–Trinajstić information content (AvgIpc) is 2.77. The van der Waals surface area contributed by atoms with Crippen LogP contribution in [0.4, 0.5) is 0 Å². The molecule has 0 nitrogen and oxygen atoms in total. The predicted molar refractivity (Wildman–Crippen MR) is 64.6 cm³/mol. The molecule has 2 heterocycles. The van der Waals surface area contributed by atoms with Crippen LogP contribution in [0.1, 0.15) is 11.1 Å². The van der Waals surface area contributed by atoms with Crippen LogP contribution in [0.2, 0.25) is 0 Å². The van der Waals surface area contributed by atoms with E-state index in [0.717, 1.165) is 0 Å². The van der Waals surface area contributed by atoms with E-state index in [0.29, 0.717) is 0 Å². The fourth-order valence-electron chi connectivity index (χ4n) is 2.42. The Kier molecular flexibility index (Phi) is 1.27. The van der Waals surface area contributed by atoms with Crippen molar-refractivity contribution in [1.29, 1.82) is 0 Å². The number of thiophene rings is 2. The predicted octanol–water partition coefficient (Wildman–Crippen LogP) is 4.21. The lowest BCUT2D eigenvalue weighted by Crippen LogP contribution is -1.94. The molecule has 0 atom stereocenters. The summed E-state index contributed by atoms with van der Waals surface area (Å²) >= 11 is 3.79. The minimum atomic E-state index is 1.24. The van der Waals surface area contributed by atoms with E-state index in [4.69, 9.17) is 0 Å². The second-order valence-electron chi connectivity index (χ2n) is 3.83. The van der Waals surface area contributed by atoms with Gasteiger partial charge in [0.25, 0.3) is 0 Å². The van der Waals surface area contributed by atoms with Crippen molar-refractivity contribution in [3.8, 4) is 0 Å². The number of rotatable bonds is 0. The van der Waals surface area contributed by atoms with Crippen molar-refractivity contribution in [2.45, 2.75) is 12.8 Å². The standard InChI is InChI=1S/C12H8S2/c1-2-8-6-14-10-4-3-9-11(12(8)10)7(1)5-13-9/h3-6H,1-2H2. The molecule has 0 unspecified atom stereocenters. The van der Waals surface area contributed by atoms with E-state index in [9.17, 15) is 0 Å². The van der Waals surface area contributed by atoms with Gasteiger partial charge < -0.3 is 0 Å². The molecule has 68 valence electrons. The zero-order chi connectivity index (χ0) is 9.12. The van der Waals surface area contributed by atoms with Gasteiger partial charge in [0, 0.05) is 20.2 Å². The lowest BCUT2D eigenvalue weighted by atomic mass is 9.94. The van der Waals surface area contributed by atoms with Gasteiger partial charge in [0.05, 0.1) is 0 Å². The maximum absolute atomic E-state index is 2.34. The lowest BCUT2D eigenvalue weighted by molar-refractivity contribution is 0.978. The van der Waals surface area contributed by atoms with Gasteiger partial charge in [0.2, 0.25) is 0 Å². The SMILES string of the molecule is c1sc2ccc3scc4c3c2c1CC4. The third-order valence-electron chi connectivity index (χ3n) is 3.09. The highest BCUT2D eigenvalue weighted by atomic mass is 32.1. The van der Waals surface area contributed by atoms with Crippen molar-refractivity contribution < 1.29 is 0 Å². The van der Waals surface area contributed by atoms with E-state index >= 15 is 0 Å². The fraction of sp³-hybridized carbons (Fsp3) is 0.167. The second kappa shape index (κ2) is 2.38. The summed E-state index contributed by atoms with van der Waals surface area (Å²) < 4.78 is 2.93. The first kappa shape index (κ1) is 7.43. The summed E-state index contributed by atoms with van der Waals surface area (Å²) in [5.41, 5.74) is 3.14. The van der Waals surface area contributed by atoms with Gasteiger partial charge in [-0.25, -0.2) is 0 Å².